The molecule has 8 nitrogen and oxygen atoms in total. The van der Waals surface area contributed by atoms with Gasteiger partial charge in [-0.2, -0.15) is 0 Å². The summed E-state index contributed by atoms with van der Waals surface area (Å²) in [4.78, 5) is 37.9. The van der Waals surface area contributed by atoms with E-state index in [9.17, 15) is 19.7 Å². The fraction of sp³-hybridized carbons (Fsp3) is 0.333. The van der Waals surface area contributed by atoms with Gasteiger partial charge in [0.1, 0.15) is 11.5 Å². The number of anilines is 1. The number of nitrogens with zero attached hydrogens (tertiary/aromatic N) is 2. The highest BCUT2D eigenvalue weighted by Gasteiger charge is 2.62. The highest BCUT2D eigenvalue weighted by molar-refractivity contribution is 6.23. The van der Waals surface area contributed by atoms with Gasteiger partial charge in [-0.1, -0.05) is 17.7 Å². The normalized spacial score (nSPS) is 27.4. The van der Waals surface area contributed by atoms with Crippen LogP contribution in [0, 0.1) is 28.9 Å². The van der Waals surface area contributed by atoms with E-state index >= 15 is 0 Å². The molecular formula is C21H18N2O6. The van der Waals surface area contributed by atoms with E-state index in [-0.39, 0.29) is 41.1 Å². The third-order valence-electron chi connectivity index (χ3n) is 5.89. The first-order valence-electron chi connectivity index (χ1n) is 9.49. The first kappa shape index (κ1) is 17.8. The fourth-order valence-corrected chi connectivity index (χ4v) is 4.57. The topological polar surface area (TPSA) is 99.0 Å². The summed E-state index contributed by atoms with van der Waals surface area (Å²) in [6.07, 6.45) is 1.03. The predicted octanol–water partition coefficient (Wildman–Crippen LogP) is 3.36. The van der Waals surface area contributed by atoms with E-state index in [2.05, 4.69) is 0 Å². The summed E-state index contributed by atoms with van der Waals surface area (Å²) < 4.78 is 11.5. The Morgan fingerprint density at radius 2 is 1.62 bits per heavy atom. The minimum atomic E-state index is -0.565. The molecule has 3 aliphatic rings. The summed E-state index contributed by atoms with van der Waals surface area (Å²) in [6, 6.07) is 11.2. The zero-order valence-electron chi connectivity index (χ0n) is 15.6. The fourth-order valence-electron chi connectivity index (χ4n) is 4.57. The maximum atomic E-state index is 13.0. The second kappa shape index (κ2) is 6.38. The van der Waals surface area contributed by atoms with Crippen molar-refractivity contribution in [3.05, 3.63) is 58.1 Å². The molecule has 3 saturated heterocycles. The lowest BCUT2D eigenvalue weighted by Gasteiger charge is -2.18. The second-order valence-corrected chi connectivity index (χ2v) is 7.71. The Balaban J connectivity index is 1.52. The standard InChI is InChI=1S/C21H18N2O6/c1-11-2-4-14(5-3-11)28-15-9-12(8-13(10-15)23(26)27)22-20(24)18-16-6-7-17(29-16)19(18)21(22)25/h2-5,8-10,16-19H,6-7H2,1H3/t16-,17-,18-,19+/m1/s1. The van der Waals surface area contributed by atoms with Gasteiger partial charge in [0.05, 0.1) is 40.7 Å². The number of hydrogen-bond donors (Lipinski definition) is 0. The van der Waals surface area contributed by atoms with Gasteiger partial charge in [0.2, 0.25) is 11.8 Å². The smallest absolute Gasteiger partial charge is 0.275 e. The number of nitro benzene ring substituents is 1. The van der Waals surface area contributed by atoms with Gasteiger partial charge in [0.15, 0.2) is 0 Å². The van der Waals surface area contributed by atoms with Crippen molar-refractivity contribution in [1.82, 2.24) is 0 Å². The van der Waals surface area contributed by atoms with Gasteiger partial charge in [-0.25, -0.2) is 4.90 Å². The second-order valence-electron chi connectivity index (χ2n) is 7.71. The van der Waals surface area contributed by atoms with Crippen molar-refractivity contribution in [2.75, 3.05) is 4.90 Å². The largest absolute Gasteiger partial charge is 0.457 e. The highest BCUT2D eigenvalue weighted by atomic mass is 16.6. The number of nitro groups is 1. The van der Waals surface area contributed by atoms with E-state index in [1.165, 1.54) is 18.2 Å². The van der Waals surface area contributed by atoms with Gasteiger partial charge in [0.25, 0.3) is 5.69 Å². The zero-order valence-corrected chi connectivity index (χ0v) is 15.6. The van der Waals surface area contributed by atoms with Crippen LogP contribution in [0.5, 0.6) is 11.5 Å². The van der Waals surface area contributed by atoms with E-state index in [1.54, 1.807) is 12.1 Å². The van der Waals surface area contributed by atoms with Gasteiger partial charge < -0.3 is 9.47 Å². The summed E-state index contributed by atoms with van der Waals surface area (Å²) in [6.45, 7) is 1.94. The number of carbonyl (C=O) groups excluding carboxylic acids is 2. The summed E-state index contributed by atoms with van der Waals surface area (Å²) in [5.74, 6) is -1.01. The molecule has 29 heavy (non-hydrogen) atoms. The highest BCUT2D eigenvalue weighted by Crippen LogP contribution is 2.50. The van der Waals surface area contributed by atoms with E-state index in [4.69, 9.17) is 9.47 Å². The molecular weight excluding hydrogens is 376 g/mol. The molecule has 3 heterocycles. The summed E-state index contributed by atoms with van der Waals surface area (Å²) in [5.41, 5.74) is 0.959. The summed E-state index contributed by atoms with van der Waals surface area (Å²) in [5, 5.41) is 11.4. The number of amides is 2. The average Bonchev–Trinajstić information content (AvgIpc) is 3.37. The van der Waals surface area contributed by atoms with Crippen LogP contribution in [0.25, 0.3) is 0 Å². The van der Waals surface area contributed by atoms with Crippen molar-refractivity contribution in [3.63, 3.8) is 0 Å². The molecule has 2 bridgehead atoms. The number of carbonyl (C=O) groups is 2. The van der Waals surface area contributed by atoms with Gasteiger partial charge in [-0.15, -0.1) is 0 Å². The molecule has 0 unspecified atom stereocenters. The number of rotatable bonds is 4. The Kier molecular flexibility index (Phi) is 3.92. The van der Waals surface area contributed by atoms with Crippen LogP contribution in [0.15, 0.2) is 42.5 Å². The Hall–Kier alpha value is -3.26. The molecule has 5 rings (SSSR count). The Bertz CT molecular complexity index is 1010. The number of benzene rings is 2. The van der Waals surface area contributed by atoms with Gasteiger partial charge in [-0.05, 0) is 31.9 Å². The van der Waals surface area contributed by atoms with Crippen LogP contribution in [-0.4, -0.2) is 28.9 Å². The molecule has 2 aromatic carbocycles. The molecule has 0 N–H and O–H groups in total. The SMILES string of the molecule is Cc1ccc(Oc2cc(N3C(=O)[C@@H]4[C@H](C3=O)[C@H]3CC[C@H]4O3)cc([N+](=O)[O-])c2)cc1. The van der Waals surface area contributed by atoms with Crippen molar-refractivity contribution in [1.29, 1.82) is 0 Å². The lowest BCUT2D eigenvalue weighted by Crippen LogP contribution is -2.34. The zero-order chi connectivity index (χ0) is 20.3. The van der Waals surface area contributed by atoms with E-state index < -0.39 is 16.8 Å². The predicted molar refractivity (Wildman–Crippen MR) is 102 cm³/mol. The first-order chi connectivity index (χ1) is 13.9. The molecule has 2 aromatic rings. The maximum absolute atomic E-state index is 13.0. The van der Waals surface area contributed by atoms with Crippen LogP contribution in [0.2, 0.25) is 0 Å². The third kappa shape index (κ3) is 2.79. The van der Waals surface area contributed by atoms with Crippen LogP contribution in [0.1, 0.15) is 18.4 Å². The van der Waals surface area contributed by atoms with Crippen molar-refractivity contribution in [2.45, 2.75) is 32.0 Å². The minimum Gasteiger partial charge on any atom is -0.457 e. The monoisotopic (exact) mass is 394 g/mol. The van der Waals surface area contributed by atoms with E-state index in [1.807, 2.05) is 19.1 Å². The van der Waals surface area contributed by atoms with Crippen LogP contribution in [0.3, 0.4) is 0 Å². The van der Waals surface area contributed by atoms with Crippen molar-refractivity contribution in [3.8, 4) is 11.5 Å². The van der Waals surface area contributed by atoms with Gasteiger partial charge in [0, 0.05) is 12.1 Å². The molecule has 0 aliphatic carbocycles. The summed E-state index contributed by atoms with van der Waals surface area (Å²) in [7, 11) is 0. The number of fused-ring (bicyclic) bond motifs is 5. The Morgan fingerprint density at radius 3 is 2.21 bits per heavy atom. The molecule has 0 saturated carbocycles. The molecule has 3 aliphatic heterocycles. The minimum absolute atomic E-state index is 0.158. The van der Waals surface area contributed by atoms with Crippen LogP contribution in [-0.2, 0) is 14.3 Å². The van der Waals surface area contributed by atoms with E-state index in [0.29, 0.717) is 5.75 Å². The Labute approximate surface area is 166 Å². The van der Waals surface area contributed by atoms with Crippen LogP contribution < -0.4 is 9.64 Å². The van der Waals surface area contributed by atoms with Gasteiger partial charge in [-0.3, -0.25) is 19.7 Å². The van der Waals surface area contributed by atoms with Gasteiger partial charge >= 0.3 is 0 Å². The molecule has 3 fully saturated rings. The molecule has 8 heteroatoms. The average molecular weight is 394 g/mol. The lowest BCUT2D eigenvalue weighted by atomic mass is 9.81. The number of hydrogen-bond acceptors (Lipinski definition) is 6. The number of aryl methyl sites for hydroxylation is 1. The maximum Gasteiger partial charge on any atom is 0.275 e. The van der Waals surface area contributed by atoms with Crippen LogP contribution in [0.4, 0.5) is 11.4 Å². The number of non-ortho nitro benzene ring substituents is 1. The molecule has 0 aromatic heterocycles. The molecule has 0 spiro atoms. The molecule has 148 valence electrons. The number of ether oxygens (including phenoxy) is 2. The quantitative estimate of drug-likeness (QED) is 0.448. The van der Waals surface area contributed by atoms with E-state index in [0.717, 1.165) is 23.3 Å². The Morgan fingerprint density at radius 1 is 1.00 bits per heavy atom. The molecule has 0 radical (unpaired) electrons. The van der Waals surface area contributed by atoms with Crippen molar-refractivity contribution >= 4 is 23.2 Å². The number of imide groups is 1. The lowest BCUT2D eigenvalue weighted by molar-refractivity contribution is -0.384. The molecule has 4 atom stereocenters. The van der Waals surface area contributed by atoms with Crippen LogP contribution >= 0.6 is 0 Å². The first-order valence-corrected chi connectivity index (χ1v) is 9.49. The molecule has 2 amide bonds. The third-order valence-corrected chi connectivity index (χ3v) is 5.89. The van der Waals surface area contributed by atoms with Crippen molar-refractivity contribution in [2.24, 2.45) is 11.8 Å². The summed E-state index contributed by atoms with van der Waals surface area (Å²) >= 11 is 0. The van der Waals surface area contributed by atoms with Crippen molar-refractivity contribution < 1.29 is 24.0 Å².